The smallest absolute Gasteiger partial charge is 0.0352 e. The average molecular weight is 774 g/mol. The molecule has 229 valence electrons. The molecule has 0 amide bonds. The number of hydrogen-bond donors (Lipinski definition) is 0. The van der Waals surface area contributed by atoms with Gasteiger partial charge in [-0.2, -0.15) is 0 Å². The van der Waals surface area contributed by atoms with Gasteiger partial charge in [-0.25, -0.2) is 0 Å². The van der Waals surface area contributed by atoms with Crippen LogP contribution in [0.25, 0.3) is 55.5 Å². The zero-order chi connectivity index (χ0) is 31.2. The van der Waals surface area contributed by atoms with Gasteiger partial charge in [0, 0.05) is 50.3 Å². The first-order valence-electron chi connectivity index (χ1n) is 15.2. The summed E-state index contributed by atoms with van der Waals surface area (Å²) in [6.07, 6.45) is 7.49. The number of rotatable bonds is 4. The Morgan fingerprint density at radius 2 is 1.33 bits per heavy atom. The zero-order valence-corrected chi connectivity index (χ0v) is 28.8. The minimum absolute atomic E-state index is 0. The molecule has 0 bridgehead atoms. The molecule has 46 heavy (non-hydrogen) atoms. The maximum atomic E-state index is 4.48. The second kappa shape index (κ2) is 14.6. The number of nitrogens with zero attached hydrogens (tertiary/aromatic N) is 3. The molecule has 1 radical (unpaired) electrons. The maximum Gasteiger partial charge on any atom is 0.0352 e. The van der Waals surface area contributed by atoms with E-state index in [1.165, 1.54) is 27.6 Å². The van der Waals surface area contributed by atoms with Gasteiger partial charge in [0.15, 0.2) is 0 Å². The zero-order valence-electron chi connectivity index (χ0n) is 26.5. The third kappa shape index (κ3) is 7.54. The fraction of sp³-hybridized carbons (Fsp3) is 0.119. The monoisotopic (exact) mass is 774 g/mol. The molecular weight excluding hydrogens is 739 g/mol. The molecule has 0 unspecified atom stereocenters. The van der Waals surface area contributed by atoms with E-state index in [0.29, 0.717) is 0 Å². The summed E-state index contributed by atoms with van der Waals surface area (Å²) in [6, 6.07) is 46.0. The van der Waals surface area contributed by atoms with Gasteiger partial charge in [-0.3, -0.25) is 4.98 Å². The van der Waals surface area contributed by atoms with E-state index in [4.69, 9.17) is 0 Å². The van der Waals surface area contributed by atoms with Crippen molar-refractivity contribution >= 4 is 10.8 Å². The Bertz CT molecular complexity index is 2050. The number of pyridine rings is 3. The summed E-state index contributed by atoms with van der Waals surface area (Å²) in [5.41, 5.74) is 11.4. The number of aromatic nitrogens is 3. The number of fused-ring (bicyclic) bond motifs is 1. The van der Waals surface area contributed by atoms with Crippen molar-refractivity contribution in [3.63, 3.8) is 0 Å². The van der Waals surface area contributed by atoms with Gasteiger partial charge in [0.25, 0.3) is 0 Å². The average Bonchev–Trinajstić information content (AvgIpc) is 3.09. The summed E-state index contributed by atoms with van der Waals surface area (Å²) in [7, 11) is 0. The van der Waals surface area contributed by atoms with E-state index in [9.17, 15) is 0 Å². The van der Waals surface area contributed by atoms with Crippen LogP contribution in [0.1, 0.15) is 31.9 Å². The molecule has 0 spiro atoms. The van der Waals surface area contributed by atoms with Gasteiger partial charge < -0.3 is 9.97 Å². The molecule has 0 saturated heterocycles. The van der Waals surface area contributed by atoms with Crippen LogP contribution in [0.5, 0.6) is 0 Å². The summed E-state index contributed by atoms with van der Waals surface area (Å²) in [5.74, 6) is 0. The summed E-state index contributed by atoms with van der Waals surface area (Å²) in [5, 5.41) is 2.35. The minimum Gasteiger partial charge on any atom is -0.305 e. The first kappa shape index (κ1) is 32.6. The molecule has 4 heteroatoms. The third-order valence-electron chi connectivity index (χ3n) is 7.81. The Labute approximate surface area is 285 Å². The van der Waals surface area contributed by atoms with Crippen LogP contribution in [0.4, 0.5) is 0 Å². The van der Waals surface area contributed by atoms with Crippen molar-refractivity contribution in [2.75, 3.05) is 0 Å². The van der Waals surface area contributed by atoms with Gasteiger partial charge >= 0.3 is 0 Å². The fourth-order valence-electron chi connectivity index (χ4n) is 5.39. The molecule has 3 aromatic heterocycles. The number of hydrogen-bond acceptors (Lipinski definition) is 3. The number of aryl methyl sites for hydroxylation is 1. The Balaban J connectivity index is 0.000000250. The van der Waals surface area contributed by atoms with Crippen molar-refractivity contribution < 1.29 is 20.1 Å². The van der Waals surface area contributed by atoms with E-state index in [-0.39, 0.29) is 25.5 Å². The van der Waals surface area contributed by atoms with E-state index < -0.39 is 0 Å². The number of benzene rings is 4. The molecular formula is C42H35IrN3-2. The molecule has 0 fully saturated rings. The van der Waals surface area contributed by atoms with Gasteiger partial charge in [0.1, 0.15) is 0 Å². The largest absolute Gasteiger partial charge is 0.305 e. The quantitative estimate of drug-likeness (QED) is 0.167. The molecule has 7 rings (SSSR count). The van der Waals surface area contributed by atoms with Crippen molar-refractivity contribution in [2.24, 2.45) is 0 Å². The van der Waals surface area contributed by atoms with E-state index in [0.717, 1.165) is 39.0 Å². The first-order valence-corrected chi connectivity index (χ1v) is 15.2. The van der Waals surface area contributed by atoms with Gasteiger partial charge in [0.2, 0.25) is 0 Å². The molecule has 3 heterocycles. The van der Waals surface area contributed by atoms with Gasteiger partial charge in [0.05, 0.1) is 0 Å². The van der Waals surface area contributed by atoms with Crippen molar-refractivity contribution in [1.29, 1.82) is 0 Å². The van der Waals surface area contributed by atoms with Gasteiger partial charge in [-0.15, -0.1) is 71.3 Å². The molecule has 0 aliphatic heterocycles. The maximum absolute atomic E-state index is 4.48. The second-order valence-corrected chi connectivity index (χ2v) is 12.1. The SMILES string of the molecule is CC(C)(C)c1cccc(-c2ccc(-c3cc[c-]c(-c4ccccn4)c3)c3cnccc23)c1.Cc1ccnc(-c2[c-]cccc2)c1.[Ir]. The van der Waals surface area contributed by atoms with E-state index in [2.05, 4.69) is 115 Å². The molecule has 0 N–H and O–H groups in total. The standard InChI is InChI=1S/C30H25N2.C12H10N.Ir/c1-30(2,3)24-11-7-9-22(19-24)25-13-14-26(28-20-31-17-15-27(25)28)21-8-6-10-23(18-21)29-12-4-5-16-32-29;1-10-7-8-13-12(9-10)11-5-3-2-4-6-11;/h4-9,11-20H,1-3H3;2-5,7-9H,1H3;/q2*-1;. The third-order valence-corrected chi connectivity index (χ3v) is 7.81. The Morgan fingerprint density at radius 3 is 2.07 bits per heavy atom. The molecule has 0 atom stereocenters. The molecule has 7 aromatic rings. The summed E-state index contributed by atoms with van der Waals surface area (Å²) in [6.45, 7) is 8.82. The molecule has 0 aliphatic rings. The minimum atomic E-state index is 0. The van der Waals surface area contributed by atoms with Crippen molar-refractivity contribution in [2.45, 2.75) is 33.1 Å². The predicted octanol–water partition coefficient (Wildman–Crippen LogP) is 10.6. The summed E-state index contributed by atoms with van der Waals surface area (Å²) < 4.78 is 0. The molecule has 0 saturated carbocycles. The van der Waals surface area contributed by atoms with E-state index in [1.807, 2.05) is 79.4 Å². The van der Waals surface area contributed by atoms with Crippen LogP contribution in [0.3, 0.4) is 0 Å². The molecule has 4 aromatic carbocycles. The summed E-state index contributed by atoms with van der Waals surface area (Å²) in [4.78, 5) is 13.2. The van der Waals surface area contributed by atoms with E-state index >= 15 is 0 Å². The predicted molar refractivity (Wildman–Crippen MR) is 187 cm³/mol. The van der Waals surface area contributed by atoms with Crippen LogP contribution in [0.15, 0.2) is 140 Å². The van der Waals surface area contributed by atoms with Crippen LogP contribution in [-0.2, 0) is 25.5 Å². The topological polar surface area (TPSA) is 38.7 Å². The van der Waals surface area contributed by atoms with Crippen molar-refractivity contribution in [3.05, 3.63) is 163 Å². The first-order chi connectivity index (χ1) is 21.9. The second-order valence-electron chi connectivity index (χ2n) is 12.1. The van der Waals surface area contributed by atoms with Crippen LogP contribution in [0.2, 0.25) is 0 Å². The normalized spacial score (nSPS) is 10.9. The van der Waals surface area contributed by atoms with Gasteiger partial charge in [-0.1, -0.05) is 80.9 Å². The Hall–Kier alpha value is -4.76. The van der Waals surface area contributed by atoms with Crippen LogP contribution < -0.4 is 0 Å². The van der Waals surface area contributed by atoms with Crippen molar-refractivity contribution in [1.82, 2.24) is 15.0 Å². The van der Waals surface area contributed by atoms with Crippen LogP contribution in [-0.4, -0.2) is 15.0 Å². The van der Waals surface area contributed by atoms with Crippen LogP contribution in [0, 0.1) is 19.1 Å². The fourth-order valence-corrected chi connectivity index (χ4v) is 5.39. The Morgan fingerprint density at radius 1 is 0.565 bits per heavy atom. The molecule has 3 nitrogen and oxygen atoms in total. The van der Waals surface area contributed by atoms with Crippen molar-refractivity contribution in [3.8, 4) is 44.8 Å². The van der Waals surface area contributed by atoms with Crippen LogP contribution >= 0.6 is 0 Å². The molecule has 0 aliphatic carbocycles. The van der Waals surface area contributed by atoms with E-state index in [1.54, 1.807) is 0 Å². The van der Waals surface area contributed by atoms with Gasteiger partial charge in [-0.05, 0) is 69.6 Å². The summed E-state index contributed by atoms with van der Waals surface area (Å²) >= 11 is 0. The Kier molecular flexibility index (Phi) is 10.3.